The lowest BCUT2D eigenvalue weighted by Crippen LogP contribution is -2.26. The molecule has 28 heavy (non-hydrogen) atoms. The molecule has 0 radical (unpaired) electrons. The summed E-state index contributed by atoms with van der Waals surface area (Å²) in [5.74, 6) is 0.248. The van der Waals surface area contributed by atoms with Gasteiger partial charge in [0.15, 0.2) is 0 Å². The number of hydrogen-bond donors (Lipinski definition) is 2. The van der Waals surface area contributed by atoms with E-state index in [9.17, 15) is 9.18 Å². The molecule has 3 aromatic rings. The number of nitrogens with one attached hydrogen (secondary N) is 2. The highest BCUT2D eigenvalue weighted by atomic mass is 19.1. The third-order valence-corrected chi connectivity index (χ3v) is 4.51. The average molecular weight is 381 g/mol. The van der Waals surface area contributed by atoms with Gasteiger partial charge in [0.1, 0.15) is 11.6 Å². The normalized spacial score (nSPS) is 11.8. The monoisotopic (exact) mass is 381 g/mol. The highest BCUT2D eigenvalue weighted by Gasteiger charge is 2.18. The van der Waals surface area contributed by atoms with Gasteiger partial charge in [0.05, 0.1) is 30.1 Å². The number of amides is 1. The van der Waals surface area contributed by atoms with Gasteiger partial charge in [0, 0.05) is 5.56 Å². The lowest BCUT2D eigenvalue weighted by molar-refractivity contribution is 0.0940. The van der Waals surface area contributed by atoms with Crippen molar-refractivity contribution in [3.8, 4) is 17.0 Å². The largest absolute Gasteiger partial charge is 0.494 e. The molecule has 0 spiro atoms. The van der Waals surface area contributed by atoms with Crippen LogP contribution in [0.25, 0.3) is 11.3 Å². The third kappa shape index (κ3) is 4.76. The van der Waals surface area contributed by atoms with Crippen LogP contribution in [0, 0.1) is 5.82 Å². The number of carbonyl (C=O) groups is 1. The van der Waals surface area contributed by atoms with E-state index in [1.54, 1.807) is 12.1 Å². The summed E-state index contributed by atoms with van der Waals surface area (Å²) in [6.07, 6.45) is 3.60. The number of ether oxygens (including phenoxy) is 1. The summed E-state index contributed by atoms with van der Waals surface area (Å²) in [7, 11) is 0. The Labute approximate surface area is 163 Å². The SMILES string of the molecule is CCCCOc1ccc(-c2[nH]ncc2C(=O)N[C@@H](C)c2ccc(F)cc2)cc1. The highest BCUT2D eigenvalue weighted by Crippen LogP contribution is 2.24. The zero-order valence-electron chi connectivity index (χ0n) is 16.0. The highest BCUT2D eigenvalue weighted by molar-refractivity contribution is 5.99. The third-order valence-electron chi connectivity index (χ3n) is 4.51. The molecule has 6 heteroatoms. The molecular weight excluding hydrogens is 357 g/mol. The van der Waals surface area contributed by atoms with Gasteiger partial charge in [-0.25, -0.2) is 4.39 Å². The summed E-state index contributed by atoms with van der Waals surface area (Å²) in [6.45, 7) is 4.66. The summed E-state index contributed by atoms with van der Waals surface area (Å²) in [6, 6.07) is 13.4. The number of H-pyrrole nitrogens is 1. The van der Waals surface area contributed by atoms with Crippen LogP contribution in [-0.4, -0.2) is 22.7 Å². The molecule has 0 saturated carbocycles. The van der Waals surface area contributed by atoms with Gasteiger partial charge in [-0.2, -0.15) is 5.10 Å². The maximum Gasteiger partial charge on any atom is 0.255 e. The Morgan fingerprint density at radius 1 is 1.18 bits per heavy atom. The van der Waals surface area contributed by atoms with Gasteiger partial charge in [-0.05, 0) is 55.3 Å². The second-order valence-electron chi connectivity index (χ2n) is 6.63. The number of rotatable bonds is 8. The van der Waals surface area contributed by atoms with Gasteiger partial charge in [-0.15, -0.1) is 0 Å². The minimum absolute atomic E-state index is 0.246. The van der Waals surface area contributed by atoms with E-state index in [-0.39, 0.29) is 17.8 Å². The predicted octanol–water partition coefficient (Wildman–Crippen LogP) is 4.89. The zero-order valence-corrected chi connectivity index (χ0v) is 16.0. The van der Waals surface area contributed by atoms with E-state index in [0.29, 0.717) is 17.9 Å². The van der Waals surface area contributed by atoms with Crippen LogP contribution in [0.15, 0.2) is 54.7 Å². The van der Waals surface area contributed by atoms with E-state index >= 15 is 0 Å². The Hall–Kier alpha value is -3.15. The molecule has 0 aliphatic rings. The van der Waals surface area contributed by atoms with Crippen molar-refractivity contribution in [3.05, 3.63) is 71.7 Å². The first-order chi connectivity index (χ1) is 13.6. The fourth-order valence-corrected chi connectivity index (χ4v) is 2.84. The number of halogens is 1. The number of aromatic nitrogens is 2. The first-order valence-corrected chi connectivity index (χ1v) is 9.41. The summed E-state index contributed by atoms with van der Waals surface area (Å²) in [5, 5.41) is 9.85. The Bertz CT molecular complexity index is 904. The first-order valence-electron chi connectivity index (χ1n) is 9.41. The molecule has 0 bridgehead atoms. The Balaban J connectivity index is 1.70. The van der Waals surface area contributed by atoms with E-state index < -0.39 is 0 Å². The molecule has 1 heterocycles. The molecular formula is C22H24FN3O2. The van der Waals surface area contributed by atoms with Crippen LogP contribution in [-0.2, 0) is 0 Å². The number of nitrogens with zero attached hydrogens (tertiary/aromatic N) is 1. The van der Waals surface area contributed by atoms with Crippen molar-refractivity contribution in [2.45, 2.75) is 32.7 Å². The second kappa shape index (κ2) is 9.17. The summed E-state index contributed by atoms with van der Waals surface area (Å²) >= 11 is 0. The molecule has 2 N–H and O–H groups in total. The van der Waals surface area contributed by atoms with Crippen LogP contribution >= 0.6 is 0 Å². The molecule has 0 aliphatic carbocycles. The van der Waals surface area contributed by atoms with Crippen LogP contribution in [0.4, 0.5) is 4.39 Å². The summed E-state index contributed by atoms with van der Waals surface area (Å²) in [4.78, 5) is 12.7. The minimum atomic E-state index is -0.304. The molecule has 1 atom stereocenters. The van der Waals surface area contributed by atoms with Crippen molar-refractivity contribution < 1.29 is 13.9 Å². The second-order valence-corrected chi connectivity index (χ2v) is 6.63. The van der Waals surface area contributed by atoms with Crippen LogP contribution in [0.1, 0.15) is 48.7 Å². The number of aromatic amines is 1. The Kier molecular flexibility index (Phi) is 6.42. The van der Waals surface area contributed by atoms with Crippen molar-refractivity contribution in [3.63, 3.8) is 0 Å². The van der Waals surface area contributed by atoms with Crippen LogP contribution in [0.5, 0.6) is 5.75 Å². The molecule has 1 aromatic heterocycles. The lowest BCUT2D eigenvalue weighted by Gasteiger charge is -2.14. The molecule has 1 amide bonds. The van der Waals surface area contributed by atoms with E-state index in [2.05, 4.69) is 22.4 Å². The summed E-state index contributed by atoms with van der Waals surface area (Å²) < 4.78 is 18.8. The van der Waals surface area contributed by atoms with Gasteiger partial charge in [0.25, 0.3) is 5.91 Å². The Morgan fingerprint density at radius 3 is 2.57 bits per heavy atom. The number of benzene rings is 2. The molecule has 5 nitrogen and oxygen atoms in total. The fourth-order valence-electron chi connectivity index (χ4n) is 2.84. The summed E-state index contributed by atoms with van der Waals surface area (Å²) in [5.41, 5.74) is 2.77. The van der Waals surface area contributed by atoms with E-state index in [1.165, 1.54) is 18.3 Å². The van der Waals surface area contributed by atoms with Gasteiger partial charge in [-0.3, -0.25) is 9.89 Å². The topological polar surface area (TPSA) is 67.0 Å². The number of unbranched alkanes of at least 4 members (excludes halogenated alkanes) is 1. The quantitative estimate of drug-likeness (QED) is 0.546. The van der Waals surface area contributed by atoms with Crippen LogP contribution in [0.3, 0.4) is 0 Å². The first kappa shape index (κ1) is 19.6. The van der Waals surface area contributed by atoms with Crippen molar-refractivity contribution in [1.29, 1.82) is 0 Å². The maximum atomic E-state index is 13.1. The van der Waals surface area contributed by atoms with Crippen LogP contribution in [0.2, 0.25) is 0 Å². The molecule has 0 fully saturated rings. The molecule has 0 unspecified atom stereocenters. The fraction of sp³-hybridized carbons (Fsp3) is 0.273. The average Bonchev–Trinajstić information content (AvgIpc) is 3.19. The van der Waals surface area contributed by atoms with E-state index in [0.717, 1.165) is 29.7 Å². The van der Waals surface area contributed by atoms with Gasteiger partial charge in [-0.1, -0.05) is 25.5 Å². The molecule has 2 aromatic carbocycles. The van der Waals surface area contributed by atoms with Crippen molar-refractivity contribution in [2.75, 3.05) is 6.61 Å². The smallest absolute Gasteiger partial charge is 0.255 e. The molecule has 3 rings (SSSR count). The standard InChI is InChI=1S/C22H24FN3O2/c1-3-4-13-28-19-11-7-17(8-12-19)21-20(14-24-26-21)22(27)25-15(2)16-5-9-18(23)10-6-16/h5-12,14-15H,3-4,13H2,1-2H3,(H,24,26)(H,25,27)/t15-/m0/s1. The van der Waals surface area contributed by atoms with Gasteiger partial charge < -0.3 is 10.1 Å². The predicted molar refractivity (Wildman–Crippen MR) is 107 cm³/mol. The van der Waals surface area contributed by atoms with Crippen molar-refractivity contribution in [2.24, 2.45) is 0 Å². The zero-order chi connectivity index (χ0) is 19.9. The van der Waals surface area contributed by atoms with Crippen molar-refractivity contribution in [1.82, 2.24) is 15.5 Å². The minimum Gasteiger partial charge on any atom is -0.494 e. The molecule has 0 saturated heterocycles. The van der Waals surface area contributed by atoms with Gasteiger partial charge in [0.2, 0.25) is 0 Å². The number of carbonyl (C=O) groups excluding carboxylic acids is 1. The van der Waals surface area contributed by atoms with E-state index in [4.69, 9.17) is 4.74 Å². The van der Waals surface area contributed by atoms with E-state index in [1.807, 2.05) is 31.2 Å². The van der Waals surface area contributed by atoms with Crippen molar-refractivity contribution >= 4 is 5.91 Å². The number of hydrogen-bond acceptors (Lipinski definition) is 3. The lowest BCUT2D eigenvalue weighted by atomic mass is 10.1. The van der Waals surface area contributed by atoms with Gasteiger partial charge >= 0.3 is 0 Å². The molecule has 146 valence electrons. The Morgan fingerprint density at radius 2 is 1.89 bits per heavy atom. The molecule has 0 aliphatic heterocycles. The maximum absolute atomic E-state index is 13.1. The van der Waals surface area contributed by atoms with Crippen LogP contribution < -0.4 is 10.1 Å².